The number of benzene rings is 2. The van der Waals surface area contributed by atoms with E-state index in [-0.39, 0.29) is 0 Å². The molecule has 2 aromatic carbocycles. The fourth-order valence-corrected chi connectivity index (χ4v) is 1.96. The van der Waals surface area contributed by atoms with Gasteiger partial charge in [0.25, 0.3) is 0 Å². The predicted octanol–water partition coefficient (Wildman–Crippen LogP) is 3.29. The van der Waals surface area contributed by atoms with Crippen molar-refractivity contribution in [1.82, 2.24) is 0 Å². The molecule has 0 saturated carbocycles. The Kier molecular flexibility index (Phi) is 4.33. The first kappa shape index (κ1) is 14.3. The summed E-state index contributed by atoms with van der Waals surface area (Å²) in [5, 5.41) is 17.9. The maximum Gasteiger partial charge on any atom is 0.340 e. The summed E-state index contributed by atoms with van der Waals surface area (Å²) < 4.78 is 5.04. The molecule has 0 aliphatic rings. The molecule has 0 aromatic heterocycles. The Hall–Kier alpha value is -3.11. The monoisotopic (exact) mass is 276 g/mol. The zero-order valence-electron chi connectivity index (χ0n) is 11.4. The standard InChI is InChI=1S/C17H12N2O2/c1-12(10-18)21-17(20)16-9-5-4-8-15(16)14-7-3-2-6-13(14)11-19/h2-9,12H,1H3/t12-/m0/s1. The highest BCUT2D eigenvalue weighted by Gasteiger charge is 2.17. The van der Waals surface area contributed by atoms with Gasteiger partial charge in [-0.1, -0.05) is 36.4 Å². The SMILES string of the molecule is C[C@@H](C#N)OC(=O)c1ccccc1-c1ccccc1C#N. The van der Waals surface area contributed by atoms with Gasteiger partial charge in [-0.3, -0.25) is 0 Å². The topological polar surface area (TPSA) is 73.9 Å². The van der Waals surface area contributed by atoms with Crippen LogP contribution >= 0.6 is 0 Å². The van der Waals surface area contributed by atoms with Crippen LogP contribution < -0.4 is 0 Å². The van der Waals surface area contributed by atoms with Crippen LogP contribution in [0.15, 0.2) is 48.5 Å². The molecule has 0 unspecified atom stereocenters. The molecule has 21 heavy (non-hydrogen) atoms. The lowest BCUT2D eigenvalue weighted by Crippen LogP contribution is -2.14. The van der Waals surface area contributed by atoms with Gasteiger partial charge in [-0.15, -0.1) is 0 Å². The molecule has 102 valence electrons. The Labute approximate surface area is 122 Å². The summed E-state index contributed by atoms with van der Waals surface area (Å²) in [6.45, 7) is 1.50. The molecule has 0 radical (unpaired) electrons. The summed E-state index contributed by atoms with van der Waals surface area (Å²) in [4.78, 5) is 12.2. The lowest BCUT2D eigenvalue weighted by atomic mass is 9.96. The number of nitriles is 2. The van der Waals surface area contributed by atoms with Crippen LogP contribution in [0.2, 0.25) is 0 Å². The lowest BCUT2D eigenvalue weighted by Gasteiger charge is -2.11. The highest BCUT2D eigenvalue weighted by atomic mass is 16.5. The summed E-state index contributed by atoms with van der Waals surface area (Å²) in [5.74, 6) is -0.576. The first-order chi connectivity index (χ1) is 10.2. The third-order valence-electron chi connectivity index (χ3n) is 2.95. The largest absolute Gasteiger partial charge is 0.444 e. The maximum atomic E-state index is 12.2. The minimum absolute atomic E-state index is 0.335. The zero-order chi connectivity index (χ0) is 15.2. The van der Waals surface area contributed by atoms with E-state index in [0.29, 0.717) is 22.3 Å². The van der Waals surface area contributed by atoms with Crippen LogP contribution in [-0.4, -0.2) is 12.1 Å². The molecule has 2 aromatic rings. The second kappa shape index (κ2) is 6.36. The normalized spacial score (nSPS) is 11.0. The van der Waals surface area contributed by atoms with Gasteiger partial charge in [0.1, 0.15) is 6.07 Å². The van der Waals surface area contributed by atoms with Crippen LogP contribution in [0.5, 0.6) is 0 Å². The van der Waals surface area contributed by atoms with E-state index in [0.717, 1.165) is 0 Å². The van der Waals surface area contributed by atoms with Gasteiger partial charge in [0.05, 0.1) is 17.2 Å². The molecule has 2 rings (SSSR count). The summed E-state index contributed by atoms with van der Waals surface area (Å²) >= 11 is 0. The van der Waals surface area contributed by atoms with E-state index in [1.54, 1.807) is 48.5 Å². The van der Waals surface area contributed by atoms with Crippen molar-refractivity contribution in [2.45, 2.75) is 13.0 Å². The van der Waals surface area contributed by atoms with E-state index in [4.69, 9.17) is 10.00 Å². The van der Waals surface area contributed by atoms with E-state index >= 15 is 0 Å². The molecular weight excluding hydrogens is 264 g/mol. The number of esters is 1. The van der Waals surface area contributed by atoms with E-state index in [9.17, 15) is 10.1 Å². The minimum atomic E-state index is -0.822. The smallest absolute Gasteiger partial charge is 0.340 e. The summed E-state index contributed by atoms with van der Waals surface area (Å²) in [5.41, 5.74) is 2.09. The number of carbonyl (C=O) groups is 1. The number of nitrogens with zero attached hydrogens (tertiary/aromatic N) is 2. The Balaban J connectivity index is 2.50. The average molecular weight is 276 g/mol. The number of rotatable bonds is 3. The molecule has 4 nitrogen and oxygen atoms in total. The van der Waals surface area contributed by atoms with Gasteiger partial charge in [-0.25, -0.2) is 4.79 Å². The molecule has 0 fully saturated rings. The van der Waals surface area contributed by atoms with Crippen molar-refractivity contribution in [2.75, 3.05) is 0 Å². The van der Waals surface area contributed by atoms with Crippen LogP contribution in [0.1, 0.15) is 22.8 Å². The van der Waals surface area contributed by atoms with Gasteiger partial charge in [-0.2, -0.15) is 10.5 Å². The number of ether oxygens (including phenoxy) is 1. The second-order valence-corrected chi connectivity index (χ2v) is 4.38. The summed E-state index contributed by atoms with van der Waals surface area (Å²) in [6, 6.07) is 17.9. The Morgan fingerprint density at radius 2 is 1.67 bits per heavy atom. The molecule has 0 bridgehead atoms. The lowest BCUT2D eigenvalue weighted by molar-refractivity contribution is 0.0436. The fourth-order valence-electron chi connectivity index (χ4n) is 1.96. The molecule has 0 N–H and O–H groups in total. The van der Waals surface area contributed by atoms with Gasteiger partial charge in [0.15, 0.2) is 6.10 Å². The molecule has 0 aliphatic heterocycles. The molecule has 0 heterocycles. The van der Waals surface area contributed by atoms with Crippen molar-refractivity contribution in [3.05, 3.63) is 59.7 Å². The number of carbonyl (C=O) groups excluding carboxylic acids is 1. The number of hydrogen-bond donors (Lipinski definition) is 0. The highest BCUT2D eigenvalue weighted by Crippen LogP contribution is 2.27. The summed E-state index contributed by atoms with van der Waals surface area (Å²) in [6.07, 6.45) is -0.822. The average Bonchev–Trinajstić information content (AvgIpc) is 2.54. The first-order valence-corrected chi connectivity index (χ1v) is 6.36. The summed E-state index contributed by atoms with van der Waals surface area (Å²) in [7, 11) is 0. The van der Waals surface area contributed by atoms with Crippen LogP contribution in [0, 0.1) is 22.7 Å². The Bertz CT molecular complexity index is 754. The van der Waals surface area contributed by atoms with E-state index in [1.807, 2.05) is 6.07 Å². The third-order valence-corrected chi connectivity index (χ3v) is 2.95. The van der Waals surface area contributed by atoms with Crippen LogP contribution in [0.25, 0.3) is 11.1 Å². The number of hydrogen-bond acceptors (Lipinski definition) is 4. The van der Waals surface area contributed by atoms with Crippen molar-refractivity contribution in [1.29, 1.82) is 10.5 Å². The van der Waals surface area contributed by atoms with Gasteiger partial charge >= 0.3 is 5.97 Å². The van der Waals surface area contributed by atoms with E-state index in [2.05, 4.69) is 6.07 Å². The van der Waals surface area contributed by atoms with Gasteiger partial charge in [0, 0.05) is 5.56 Å². The van der Waals surface area contributed by atoms with Crippen molar-refractivity contribution < 1.29 is 9.53 Å². The van der Waals surface area contributed by atoms with Crippen molar-refractivity contribution in [2.24, 2.45) is 0 Å². The quantitative estimate of drug-likeness (QED) is 0.806. The van der Waals surface area contributed by atoms with E-state index < -0.39 is 12.1 Å². The van der Waals surface area contributed by atoms with Crippen molar-refractivity contribution >= 4 is 5.97 Å². The molecule has 0 amide bonds. The molecule has 1 atom stereocenters. The Morgan fingerprint density at radius 3 is 2.33 bits per heavy atom. The second-order valence-electron chi connectivity index (χ2n) is 4.38. The van der Waals surface area contributed by atoms with Crippen molar-refractivity contribution in [3.63, 3.8) is 0 Å². The van der Waals surface area contributed by atoms with Crippen LogP contribution in [0.3, 0.4) is 0 Å². The van der Waals surface area contributed by atoms with Gasteiger partial charge in [0.2, 0.25) is 0 Å². The van der Waals surface area contributed by atoms with Gasteiger partial charge < -0.3 is 4.74 Å². The first-order valence-electron chi connectivity index (χ1n) is 6.36. The van der Waals surface area contributed by atoms with Gasteiger partial charge in [-0.05, 0) is 24.6 Å². The minimum Gasteiger partial charge on any atom is -0.444 e. The third kappa shape index (κ3) is 3.08. The van der Waals surface area contributed by atoms with Crippen LogP contribution in [0.4, 0.5) is 0 Å². The fraction of sp³-hybridized carbons (Fsp3) is 0.118. The molecule has 0 saturated heterocycles. The molecule has 0 spiro atoms. The molecular formula is C17H12N2O2. The molecule has 0 aliphatic carbocycles. The highest BCUT2D eigenvalue weighted by molar-refractivity contribution is 5.98. The van der Waals surface area contributed by atoms with E-state index in [1.165, 1.54) is 6.92 Å². The molecule has 4 heteroatoms. The van der Waals surface area contributed by atoms with Crippen molar-refractivity contribution in [3.8, 4) is 23.3 Å². The predicted molar refractivity (Wildman–Crippen MR) is 77.1 cm³/mol. The van der Waals surface area contributed by atoms with Crippen LogP contribution in [-0.2, 0) is 4.74 Å². The zero-order valence-corrected chi connectivity index (χ0v) is 11.4. The maximum absolute atomic E-state index is 12.2. The Morgan fingerprint density at radius 1 is 1.05 bits per heavy atom.